The van der Waals surface area contributed by atoms with Crippen molar-refractivity contribution in [3.63, 3.8) is 0 Å². The Labute approximate surface area is 222 Å². The van der Waals surface area contributed by atoms with Crippen molar-refractivity contribution in [2.45, 2.75) is 62.6 Å². The molecule has 2 amide bonds. The number of nitrogens with zero attached hydrogens (tertiary/aromatic N) is 5. The molecule has 1 saturated carbocycles. The smallest absolute Gasteiger partial charge is 0.261 e. The third-order valence-corrected chi connectivity index (χ3v) is 10.4. The second kappa shape index (κ2) is 9.31. The Morgan fingerprint density at radius 1 is 1.32 bits per heavy atom. The lowest BCUT2D eigenvalue weighted by Gasteiger charge is -2.33. The van der Waals surface area contributed by atoms with E-state index in [9.17, 15) is 14.9 Å². The first kappa shape index (κ1) is 24.2. The molecule has 6 rings (SSSR count). The maximum Gasteiger partial charge on any atom is 0.261 e. The molecule has 2 aliphatic carbocycles. The van der Waals surface area contributed by atoms with Gasteiger partial charge < -0.3 is 15.5 Å². The molecule has 2 fully saturated rings. The number of hydrogen-bond donors (Lipinski definition) is 3. The molecule has 37 heavy (non-hydrogen) atoms. The lowest BCUT2D eigenvalue weighted by molar-refractivity contribution is -0.131. The van der Waals surface area contributed by atoms with Gasteiger partial charge in [0, 0.05) is 28.9 Å². The van der Waals surface area contributed by atoms with E-state index in [1.807, 2.05) is 6.07 Å². The quantitative estimate of drug-likeness (QED) is 0.420. The number of carbonyl (C=O) groups excluding carboxylic acids is 2. The van der Waals surface area contributed by atoms with Gasteiger partial charge in [-0.2, -0.15) is 10.5 Å². The summed E-state index contributed by atoms with van der Waals surface area (Å²) in [7, 11) is 1.64. The fourth-order valence-corrected chi connectivity index (χ4v) is 8.72. The number of tetrazole rings is 1. The highest BCUT2D eigenvalue weighted by molar-refractivity contribution is 7.15. The van der Waals surface area contributed by atoms with Gasteiger partial charge in [-0.05, 0) is 73.6 Å². The maximum absolute atomic E-state index is 13.1. The zero-order chi connectivity index (χ0) is 25.7. The van der Waals surface area contributed by atoms with Crippen LogP contribution in [0, 0.1) is 17.2 Å². The lowest BCUT2D eigenvalue weighted by atomic mass is 9.76. The van der Waals surface area contributed by atoms with Crippen molar-refractivity contribution in [1.29, 1.82) is 5.26 Å². The predicted octanol–water partition coefficient (Wildman–Crippen LogP) is 2.00. The van der Waals surface area contributed by atoms with Gasteiger partial charge in [0.25, 0.3) is 5.91 Å². The topological polar surface area (TPSA) is 140 Å². The second-order valence-corrected chi connectivity index (χ2v) is 12.2. The number of rotatable bonds is 7. The Bertz CT molecular complexity index is 1380. The number of fused-ring (bicyclic) bond motifs is 3. The van der Waals surface area contributed by atoms with Crippen molar-refractivity contribution in [3.05, 3.63) is 49.1 Å². The molecule has 3 N–H and O–H groups in total. The average Bonchev–Trinajstić information content (AvgIpc) is 3.43. The van der Waals surface area contributed by atoms with E-state index in [1.54, 1.807) is 23.3 Å². The summed E-state index contributed by atoms with van der Waals surface area (Å²) >= 11 is 3.16. The molecule has 1 unspecified atom stereocenters. The number of piperidine rings is 1. The van der Waals surface area contributed by atoms with Crippen LogP contribution in [0.1, 0.15) is 62.6 Å². The van der Waals surface area contributed by atoms with Crippen LogP contribution in [0.3, 0.4) is 0 Å². The monoisotopic (exact) mass is 536 g/mol. The van der Waals surface area contributed by atoms with Crippen LogP contribution in [-0.2, 0) is 23.1 Å². The minimum Gasteiger partial charge on any atom is -0.354 e. The summed E-state index contributed by atoms with van der Waals surface area (Å²) in [6.45, 7) is 2.23. The highest BCUT2D eigenvalue weighted by Gasteiger charge is 2.54. The van der Waals surface area contributed by atoms with E-state index in [-0.39, 0.29) is 36.5 Å². The number of nitriles is 1. The van der Waals surface area contributed by atoms with Crippen molar-refractivity contribution in [2.75, 3.05) is 13.6 Å². The minimum atomic E-state index is -0.709. The van der Waals surface area contributed by atoms with Crippen LogP contribution in [0.15, 0.2) is 17.5 Å². The zero-order valence-corrected chi connectivity index (χ0v) is 22.3. The summed E-state index contributed by atoms with van der Waals surface area (Å²) in [4.78, 5) is 30.4. The molecule has 0 aromatic carbocycles. The van der Waals surface area contributed by atoms with E-state index in [2.05, 4.69) is 55.7 Å². The highest BCUT2D eigenvalue weighted by Crippen LogP contribution is 2.51. The summed E-state index contributed by atoms with van der Waals surface area (Å²) in [5.41, 5.74) is 1.66. The second-order valence-electron chi connectivity index (χ2n) is 10.2. The van der Waals surface area contributed by atoms with Gasteiger partial charge in [-0.15, -0.1) is 32.9 Å². The third-order valence-electron chi connectivity index (χ3n) is 7.93. The Balaban J connectivity index is 1.34. The fourth-order valence-electron chi connectivity index (χ4n) is 6.13. The Hall–Kier alpha value is -3.14. The van der Waals surface area contributed by atoms with Gasteiger partial charge in [0.15, 0.2) is 5.82 Å². The molecule has 5 atom stereocenters. The van der Waals surface area contributed by atoms with E-state index in [1.165, 1.54) is 16.9 Å². The molecule has 3 aromatic heterocycles. The molecule has 4 heterocycles. The van der Waals surface area contributed by atoms with Gasteiger partial charge in [0.2, 0.25) is 5.91 Å². The Morgan fingerprint density at radius 2 is 2.16 bits per heavy atom. The van der Waals surface area contributed by atoms with Crippen molar-refractivity contribution in [2.24, 2.45) is 5.92 Å². The first-order chi connectivity index (χ1) is 18.0. The molecular weight excluding hydrogens is 508 g/mol. The van der Waals surface area contributed by atoms with Crippen molar-refractivity contribution < 1.29 is 9.59 Å². The van der Waals surface area contributed by atoms with Gasteiger partial charge >= 0.3 is 0 Å². The minimum absolute atomic E-state index is 0.0200. The number of hydrogen-bond acceptors (Lipinski definition) is 9. The summed E-state index contributed by atoms with van der Waals surface area (Å²) in [6, 6.07) is 6.28. The van der Waals surface area contributed by atoms with E-state index < -0.39 is 5.41 Å². The predicted molar refractivity (Wildman–Crippen MR) is 138 cm³/mol. The number of thiophene rings is 2. The van der Waals surface area contributed by atoms with Gasteiger partial charge in [0.05, 0.1) is 17.5 Å². The zero-order valence-electron chi connectivity index (χ0n) is 20.7. The van der Waals surface area contributed by atoms with Gasteiger partial charge in [-0.1, -0.05) is 5.21 Å². The third kappa shape index (κ3) is 3.96. The average molecular weight is 537 g/mol. The van der Waals surface area contributed by atoms with E-state index in [0.717, 1.165) is 41.0 Å². The van der Waals surface area contributed by atoms with E-state index >= 15 is 0 Å². The number of aromatic amines is 1. The van der Waals surface area contributed by atoms with Crippen LogP contribution in [-0.4, -0.2) is 69.1 Å². The summed E-state index contributed by atoms with van der Waals surface area (Å²) < 4.78 is 0. The standard InChI is InChI=1S/C25H28N8O2S2/c1-13(28-12-20(34)33-17(11-26)7-16-8-18(16)33)10-25(24-29-31-32-30-24)21-14(5-6-36-21)3-4-15-9-19(23(35)27-2)37-22(15)25/h5-6,9,13,16-18,28H,3-4,7-8,10,12H2,1-2H3,(H,27,35)(H,29,30,31,32)/t13-,16-,17+,18+,25?/m1/s1. The molecule has 0 radical (unpaired) electrons. The van der Waals surface area contributed by atoms with E-state index in [0.29, 0.717) is 23.0 Å². The van der Waals surface area contributed by atoms with Crippen molar-refractivity contribution >= 4 is 34.5 Å². The van der Waals surface area contributed by atoms with Crippen LogP contribution in [0.25, 0.3) is 0 Å². The van der Waals surface area contributed by atoms with Gasteiger partial charge in [0.1, 0.15) is 11.5 Å². The molecule has 192 valence electrons. The molecule has 3 aromatic rings. The number of aryl methyl sites for hydroxylation is 2. The van der Waals surface area contributed by atoms with Crippen LogP contribution < -0.4 is 10.6 Å². The van der Waals surface area contributed by atoms with Crippen LogP contribution in [0.5, 0.6) is 0 Å². The normalized spacial score (nSPS) is 26.4. The van der Waals surface area contributed by atoms with Gasteiger partial charge in [-0.25, -0.2) is 0 Å². The van der Waals surface area contributed by atoms with Crippen molar-refractivity contribution in [3.8, 4) is 6.07 Å². The molecule has 1 aliphatic heterocycles. The first-order valence-electron chi connectivity index (χ1n) is 12.6. The molecule has 0 spiro atoms. The number of nitrogens with one attached hydrogen (secondary N) is 3. The summed E-state index contributed by atoms with van der Waals surface area (Å²) in [5, 5.41) is 33.3. The van der Waals surface area contributed by atoms with Crippen LogP contribution in [0.4, 0.5) is 0 Å². The Kier molecular flexibility index (Phi) is 6.09. The number of likely N-dealkylation sites (tertiary alicyclic amines) is 1. The van der Waals surface area contributed by atoms with Gasteiger partial charge in [-0.3, -0.25) is 9.59 Å². The number of carbonyl (C=O) groups is 2. The van der Waals surface area contributed by atoms with Crippen molar-refractivity contribution in [1.82, 2.24) is 36.2 Å². The molecule has 10 nitrogen and oxygen atoms in total. The van der Waals surface area contributed by atoms with E-state index in [4.69, 9.17) is 0 Å². The largest absolute Gasteiger partial charge is 0.354 e. The SMILES string of the molecule is CNC(=O)c1cc2c(s1)C(C[C@@H](C)NCC(=O)N1[C@H](C#N)C[C@@H]3C[C@@H]31)(c1nn[nH]n1)c1sccc1CC2. The molecule has 0 bridgehead atoms. The summed E-state index contributed by atoms with van der Waals surface area (Å²) in [5.74, 6) is 0.921. The Morgan fingerprint density at radius 3 is 2.92 bits per heavy atom. The lowest BCUT2D eigenvalue weighted by Crippen LogP contribution is -2.46. The number of amides is 2. The number of aromatic nitrogens is 4. The molecule has 1 saturated heterocycles. The first-order valence-corrected chi connectivity index (χ1v) is 14.3. The molecule has 3 aliphatic rings. The van der Waals surface area contributed by atoms with Crippen LogP contribution >= 0.6 is 22.7 Å². The molecule has 12 heteroatoms. The summed E-state index contributed by atoms with van der Waals surface area (Å²) in [6.07, 6.45) is 4.07. The number of H-pyrrole nitrogens is 1. The maximum atomic E-state index is 13.1. The fraction of sp³-hybridized carbons (Fsp3) is 0.520. The van der Waals surface area contributed by atoms with Crippen LogP contribution in [0.2, 0.25) is 0 Å². The molecular formula is C25H28N8O2S2. The highest BCUT2D eigenvalue weighted by atomic mass is 32.1.